The Morgan fingerprint density at radius 2 is 2.00 bits per heavy atom. The summed E-state index contributed by atoms with van der Waals surface area (Å²) >= 11 is 0. The molecule has 2 unspecified atom stereocenters. The average molecular weight is 266 g/mol. The maximum absolute atomic E-state index is 11.8. The largest absolute Gasteiger partial charge is 0.352 e. The minimum absolute atomic E-state index is 0.101. The maximum atomic E-state index is 11.8. The molecule has 2 aliphatic rings. The number of rotatable bonds is 5. The number of nitrogens with one attached hydrogen (secondary N) is 1. The molecule has 1 amide bonds. The van der Waals surface area contributed by atoms with E-state index < -0.39 is 0 Å². The van der Waals surface area contributed by atoms with Crippen LogP contribution in [0.3, 0.4) is 0 Å². The lowest BCUT2D eigenvalue weighted by atomic mass is 9.77. The van der Waals surface area contributed by atoms with E-state index in [1.807, 2.05) is 13.8 Å². The van der Waals surface area contributed by atoms with E-state index in [4.69, 9.17) is 0 Å². The van der Waals surface area contributed by atoms with E-state index in [0.717, 1.165) is 24.9 Å². The Bertz CT molecular complexity index is 299. The van der Waals surface area contributed by atoms with Gasteiger partial charge >= 0.3 is 0 Å². The third-order valence-electron chi connectivity index (χ3n) is 4.90. The summed E-state index contributed by atoms with van der Waals surface area (Å²) in [7, 11) is 0. The molecular weight excluding hydrogens is 236 g/mol. The summed E-state index contributed by atoms with van der Waals surface area (Å²) in [6.45, 7) is 8.55. The van der Waals surface area contributed by atoms with Gasteiger partial charge in [-0.1, -0.05) is 27.2 Å². The predicted octanol–water partition coefficient (Wildman–Crippen LogP) is 2.80. The Balaban J connectivity index is 1.86. The van der Waals surface area contributed by atoms with Crippen LogP contribution in [0.2, 0.25) is 0 Å². The lowest BCUT2D eigenvalue weighted by Crippen LogP contribution is -2.53. The van der Waals surface area contributed by atoms with Crippen LogP contribution in [0.4, 0.5) is 0 Å². The first kappa shape index (κ1) is 14.8. The Hall–Kier alpha value is -0.570. The SMILES string of the molecule is CCC(C1CCC1)N1CCCC(NC(=O)C(C)C)C1. The fourth-order valence-corrected chi connectivity index (χ4v) is 3.51. The van der Waals surface area contributed by atoms with E-state index in [1.165, 1.54) is 38.6 Å². The molecule has 3 heteroatoms. The van der Waals surface area contributed by atoms with E-state index in [-0.39, 0.29) is 11.8 Å². The van der Waals surface area contributed by atoms with Gasteiger partial charge in [0.25, 0.3) is 0 Å². The molecule has 1 heterocycles. The first-order valence-corrected chi connectivity index (χ1v) is 8.16. The van der Waals surface area contributed by atoms with Crippen LogP contribution in [0.15, 0.2) is 0 Å². The van der Waals surface area contributed by atoms with Crippen molar-refractivity contribution in [2.24, 2.45) is 11.8 Å². The van der Waals surface area contributed by atoms with Gasteiger partial charge < -0.3 is 5.32 Å². The van der Waals surface area contributed by atoms with E-state index >= 15 is 0 Å². The van der Waals surface area contributed by atoms with Gasteiger partial charge in [0.15, 0.2) is 0 Å². The molecule has 1 aliphatic carbocycles. The van der Waals surface area contributed by atoms with Gasteiger partial charge in [-0.15, -0.1) is 0 Å². The second-order valence-electron chi connectivity index (χ2n) is 6.66. The number of nitrogens with zero attached hydrogens (tertiary/aromatic N) is 1. The third kappa shape index (κ3) is 3.71. The standard InChI is InChI=1S/C16H30N2O/c1-4-15(13-7-5-8-13)18-10-6-9-14(11-18)17-16(19)12(2)3/h12-15H,4-11H2,1-3H3,(H,17,19). The maximum Gasteiger partial charge on any atom is 0.222 e. The van der Waals surface area contributed by atoms with E-state index in [2.05, 4.69) is 17.1 Å². The fraction of sp³-hybridized carbons (Fsp3) is 0.938. The molecule has 2 fully saturated rings. The summed E-state index contributed by atoms with van der Waals surface area (Å²) in [6.07, 6.45) is 7.89. The highest BCUT2D eigenvalue weighted by Crippen LogP contribution is 2.34. The smallest absolute Gasteiger partial charge is 0.222 e. The van der Waals surface area contributed by atoms with Crippen molar-refractivity contribution < 1.29 is 4.79 Å². The summed E-state index contributed by atoms with van der Waals surface area (Å²) in [5, 5.41) is 3.22. The van der Waals surface area contributed by atoms with Gasteiger partial charge in [0.2, 0.25) is 5.91 Å². The van der Waals surface area contributed by atoms with Crippen LogP contribution in [0.25, 0.3) is 0 Å². The minimum Gasteiger partial charge on any atom is -0.352 e. The summed E-state index contributed by atoms with van der Waals surface area (Å²) in [4.78, 5) is 14.5. The molecule has 0 spiro atoms. The zero-order chi connectivity index (χ0) is 13.8. The Labute approximate surface area is 118 Å². The molecule has 0 radical (unpaired) electrons. The molecule has 0 aromatic heterocycles. The van der Waals surface area contributed by atoms with Crippen molar-refractivity contribution in [1.82, 2.24) is 10.2 Å². The van der Waals surface area contributed by atoms with Gasteiger partial charge in [0, 0.05) is 24.5 Å². The second-order valence-corrected chi connectivity index (χ2v) is 6.66. The van der Waals surface area contributed by atoms with E-state index in [9.17, 15) is 4.79 Å². The number of likely N-dealkylation sites (tertiary alicyclic amines) is 1. The molecule has 1 saturated heterocycles. The van der Waals surface area contributed by atoms with Crippen molar-refractivity contribution in [2.75, 3.05) is 13.1 Å². The third-order valence-corrected chi connectivity index (χ3v) is 4.90. The number of carbonyl (C=O) groups is 1. The van der Waals surface area contributed by atoms with Crippen LogP contribution in [-0.2, 0) is 4.79 Å². The highest BCUT2D eigenvalue weighted by molar-refractivity contribution is 5.78. The monoisotopic (exact) mass is 266 g/mol. The Morgan fingerprint density at radius 3 is 2.53 bits per heavy atom. The predicted molar refractivity (Wildman–Crippen MR) is 79.0 cm³/mol. The van der Waals surface area contributed by atoms with Gasteiger partial charge in [0.05, 0.1) is 0 Å². The molecule has 1 N–H and O–H groups in total. The number of amides is 1. The first-order valence-electron chi connectivity index (χ1n) is 8.16. The molecule has 2 atom stereocenters. The van der Waals surface area contributed by atoms with Crippen molar-refractivity contribution in [3.8, 4) is 0 Å². The van der Waals surface area contributed by atoms with Crippen LogP contribution in [-0.4, -0.2) is 36.0 Å². The molecule has 0 aromatic carbocycles. The first-order chi connectivity index (χ1) is 9.11. The van der Waals surface area contributed by atoms with Crippen LogP contribution in [0, 0.1) is 11.8 Å². The number of hydrogen-bond donors (Lipinski definition) is 1. The minimum atomic E-state index is 0.101. The van der Waals surface area contributed by atoms with Crippen LogP contribution < -0.4 is 5.32 Å². The Kier molecular flexibility index (Phi) is 5.26. The van der Waals surface area contributed by atoms with Gasteiger partial charge in [-0.05, 0) is 44.6 Å². The van der Waals surface area contributed by atoms with Crippen LogP contribution in [0.1, 0.15) is 59.3 Å². The normalized spacial score (nSPS) is 27.1. The Morgan fingerprint density at radius 1 is 1.26 bits per heavy atom. The number of hydrogen-bond acceptors (Lipinski definition) is 2. The summed E-state index contributed by atoms with van der Waals surface area (Å²) < 4.78 is 0. The van der Waals surface area contributed by atoms with Crippen LogP contribution >= 0.6 is 0 Å². The second kappa shape index (κ2) is 6.74. The molecule has 1 saturated carbocycles. The van der Waals surface area contributed by atoms with E-state index in [0.29, 0.717) is 6.04 Å². The van der Waals surface area contributed by atoms with Crippen molar-refractivity contribution in [3.63, 3.8) is 0 Å². The van der Waals surface area contributed by atoms with Crippen molar-refractivity contribution in [2.45, 2.75) is 71.4 Å². The molecule has 0 aromatic rings. The summed E-state index contributed by atoms with van der Waals surface area (Å²) in [6, 6.07) is 1.13. The highest BCUT2D eigenvalue weighted by atomic mass is 16.1. The van der Waals surface area contributed by atoms with Gasteiger partial charge in [0.1, 0.15) is 0 Å². The van der Waals surface area contributed by atoms with Crippen LogP contribution in [0.5, 0.6) is 0 Å². The number of piperidine rings is 1. The molecule has 0 bridgehead atoms. The zero-order valence-corrected chi connectivity index (χ0v) is 12.8. The van der Waals surface area contributed by atoms with E-state index in [1.54, 1.807) is 0 Å². The van der Waals surface area contributed by atoms with Gasteiger partial charge in [-0.25, -0.2) is 0 Å². The molecule has 19 heavy (non-hydrogen) atoms. The van der Waals surface area contributed by atoms with Gasteiger partial charge in [-0.3, -0.25) is 9.69 Å². The molecular formula is C16H30N2O. The average Bonchev–Trinajstić information content (AvgIpc) is 2.33. The lowest BCUT2D eigenvalue weighted by molar-refractivity contribution is -0.125. The van der Waals surface area contributed by atoms with Gasteiger partial charge in [-0.2, -0.15) is 0 Å². The topological polar surface area (TPSA) is 32.3 Å². The quantitative estimate of drug-likeness (QED) is 0.830. The van der Waals surface area contributed by atoms with Crippen molar-refractivity contribution >= 4 is 5.91 Å². The molecule has 1 aliphatic heterocycles. The zero-order valence-electron chi connectivity index (χ0n) is 12.8. The molecule has 110 valence electrons. The number of carbonyl (C=O) groups excluding carboxylic acids is 1. The summed E-state index contributed by atoms with van der Waals surface area (Å²) in [5.74, 6) is 1.23. The lowest BCUT2D eigenvalue weighted by Gasteiger charge is -2.44. The molecule has 2 rings (SSSR count). The summed E-state index contributed by atoms with van der Waals surface area (Å²) in [5.41, 5.74) is 0. The highest BCUT2D eigenvalue weighted by Gasteiger charge is 2.33. The van der Waals surface area contributed by atoms with Crippen molar-refractivity contribution in [3.05, 3.63) is 0 Å². The van der Waals surface area contributed by atoms with Crippen molar-refractivity contribution in [1.29, 1.82) is 0 Å². The molecule has 3 nitrogen and oxygen atoms in total. The fourth-order valence-electron chi connectivity index (χ4n) is 3.51.